The smallest absolute Gasteiger partial charge is 0.162 e. The third-order valence-electron chi connectivity index (χ3n) is 9.29. The van der Waals surface area contributed by atoms with Gasteiger partial charge in [-0.1, -0.05) is 79.0 Å². The molecule has 1 radical (unpaired) electrons. The van der Waals surface area contributed by atoms with Crippen LogP contribution in [0.25, 0.3) is 22.0 Å². The van der Waals surface area contributed by atoms with Crippen molar-refractivity contribution in [2.24, 2.45) is 23.7 Å². The van der Waals surface area contributed by atoms with Crippen LogP contribution in [0.1, 0.15) is 94.9 Å². The standard InChI is InChI=1S/C19H16N.C17H28O2.CH4.Ir/c1-12-8-13(2)10-16(9-12)19-17-5-3-4-14-6-7-15(11-20-19)18(14)17;1-12-3-7-14(8-4-12)16(18)11-17(19)15-9-5-13(2)6-10-15;;/h3-5,8-9,11H,6-7H2,1-2H3;11-15,18H,3-10H2,1-2H3;1H4;/q-1;;;. The van der Waals surface area contributed by atoms with E-state index in [9.17, 15) is 9.90 Å². The molecule has 3 aliphatic rings. The van der Waals surface area contributed by atoms with Crippen molar-refractivity contribution in [2.45, 2.75) is 99.3 Å². The first-order chi connectivity index (χ1) is 18.8. The molecule has 1 N–H and O–H groups in total. The maximum Gasteiger partial charge on any atom is 0.162 e. The van der Waals surface area contributed by atoms with Gasteiger partial charge in [0.25, 0.3) is 0 Å². The minimum atomic E-state index is 0. The molecule has 3 aliphatic carbocycles. The second kappa shape index (κ2) is 14.7. The van der Waals surface area contributed by atoms with Crippen LogP contribution in [0.2, 0.25) is 0 Å². The van der Waals surface area contributed by atoms with Crippen LogP contribution in [0.5, 0.6) is 0 Å². The Bertz CT molecular complexity index is 1330. The van der Waals surface area contributed by atoms with E-state index >= 15 is 0 Å². The number of aromatic nitrogens is 1. The molecule has 2 aromatic carbocycles. The van der Waals surface area contributed by atoms with E-state index in [1.807, 2.05) is 0 Å². The normalized spacial score (nSPS) is 23.6. The molecule has 0 saturated heterocycles. The van der Waals surface area contributed by atoms with Crippen LogP contribution < -0.4 is 0 Å². The summed E-state index contributed by atoms with van der Waals surface area (Å²) in [5.74, 6) is 2.48. The SMILES string of the molecule is C.CC1CCC(C(=O)C=C(O)C2CCC(C)CC2)CC1.Cc1[c-]c(-c2ncc3c4c(cccc24)CC3)cc(C)c1.[Ir]. The summed E-state index contributed by atoms with van der Waals surface area (Å²) in [6.07, 6.45) is 14.6. The number of carbonyl (C=O) groups excluding carboxylic acids is 1. The Morgan fingerprint density at radius 2 is 1.51 bits per heavy atom. The summed E-state index contributed by atoms with van der Waals surface area (Å²) in [4.78, 5) is 16.9. The molecular formula is C37H48IrNO2-. The minimum Gasteiger partial charge on any atom is -0.512 e. The van der Waals surface area contributed by atoms with Crippen molar-refractivity contribution in [2.75, 3.05) is 0 Å². The molecule has 3 nitrogen and oxygen atoms in total. The molecule has 0 unspecified atom stereocenters. The molecular weight excluding hydrogens is 683 g/mol. The van der Waals surface area contributed by atoms with Gasteiger partial charge in [0.05, 0.1) is 5.76 Å². The molecule has 1 aromatic heterocycles. The zero-order valence-electron chi connectivity index (χ0n) is 24.6. The van der Waals surface area contributed by atoms with Gasteiger partial charge in [0.15, 0.2) is 5.78 Å². The zero-order valence-corrected chi connectivity index (χ0v) is 27.0. The van der Waals surface area contributed by atoms with Crippen LogP contribution >= 0.6 is 0 Å². The number of hydrogen-bond donors (Lipinski definition) is 1. The summed E-state index contributed by atoms with van der Waals surface area (Å²) in [5, 5.41) is 12.9. The predicted octanol–water partition coefficient (Wildman–Crippen LogP) is 9.70. The molecule has 0 amide bonds. The van der Waals surface area contributed by atoms with Crippen molar-refractivity contribution >= 4 is 16.6 Å². The van der Waals surface area contributed by atoms with Gasteiger partial charge in [-0.15, -0.1) is 34.9 Å². The number of rotatable bonds is 4. The largest absolute Gasteiger partial charge is 0.512 e. The molecule has 41 heavy (non-hydrogen) atoms. The number of ketones is 1. The molecule has 223 valence electrons. The van der Waals surface area contributed by atoms with Gasteiger partial charge in [0, 0.05) is 44.2 Å². The number of benzene rings is 2. The number of aliphatic hydroxyl groups is 1. The fourth-order valence-electron chi connectivity index (χ4n) is 6.84. The Balaban J connectivity index is 0.000000215. The van der Waals surface area contributed by atoms with Crippen molar-refractivity contribution in [3.05, 3.63) is 76.7 Å². The van der Waals surface area contributed by atoms with Gasteiger partial charge in [-0.25, -0.2) is 0 Å². The van der Waals surface area contributed by atoms with Crippen LogP contribution in [0.3, 0.4) is 0 Å². The average molecular weight is 731 g/mol. The van der Waals surface area contributed by atoms with Gasteiger partial charge in [0.1, 0.15) is 0 Å². The molecule has 4 heteroatoms. The third-order valence-corrected chi connectivity index (χ3v) is 9.29. The summed E-state index contributed by atoms with van der Waals surface area (Å²) in [7, 11) is 0. The van der Waals surface area contributed by atoms with Crippen molar-refractivity contribution in [1.82, 2.24) is 4.98 Å². The molecule has 0 bridgehead atoms. The second-order valence-corrected chi connectivity index (χ2v) is 12.6. The van der Waals surface area contributed by atoms with Crippen LogP contribution in [-0.4, -0.2) is 15.9 Å². The first-order valence-electron chi connectivity index (χ1n) is 15.1. The number of aliphatic hydroxyl groups excluding tert-OH is 1. The van der Waals surface area contributed by atoms with Crippen LogP contribution in [0.15, 0.2) is 48.4 Å². The molecule has 0 spiro atoms. The number of pyridine rings is 1. The summed E-state index contributed by atoms with van der Waals surface area (Å²) in [6.45, 7) is 8.75. The number of hydrogen-bond acceptors (Lipinski definition) is 3. The number of nitrogens with zero attached hydrogens (tertiary/aromatic N) is 1. The fraction of sp³-hybridized carbons (Fsp3) is 0.514. The summed E-state index contributed by atoms with van der Waals surface area (Å²) >= 11 is 0. The molecule has 2 fully saturated rings. The van der Waals surface area contributed by atoms with Gasteiger partial charge in [0.2, 0.25) is 0 Å². The Morgan fingerprint density at radius 3 is 2.15 bits per heavy atom. The Kier molecular flexibility index (Phi) is 11.9. The third kappa shape index (κ3) is 7.96. The van der Waals surface area contributed by atoms with E-state index in [0.717, 1.165) is 74.5 Å². The van der Waals surface area contributed by atoms with E-state index in [2.05, 4.69) is 70.3 Å². The zero-order chi connectivity index (χ0) is 27.5. The van der Waals surface area contributed by atoms with Crippen molar-refractivity contribution in [1.29, 1.82) is 0 Å². The second-order valence-electron chi connectivity index (χ2n) is 12.6. The quantitative estimate of drug-likeness (QED) is 0.165. The number of allylic oxidation sites excluding steroid dienone is 2. The maximum atomic E-state index is 12.2. The average Bonchev–Trinajstić information content (AvgIpc) is 3.34. The van der Waals surface area contributed by atoms with Gasteiger partial charge < -0.3 is 10.1 Å². The van der Waals surface area contributed by atoms with Crippen molar-refractivity contribution in [3.8, 4) is 11.3 Å². The van der Waals surface area contributed by atoms with E-state index in [-0.39, 0.29) is 45.2 Å². The van der Waals surface area contributed by atoms with E-state index in [4.69, 9.17) is 4.98 Å². The Morgan fingerprint density at radius 1 is 0.902 bits per heavy atom. The van der Waals surface area contributed by atoms with Gasteiger partial charge in [-0.2, -0.15) is 0 Å². The molecule has 3 aromatic rings. The number of aryl methyl sites for hydroxylation is 4. The topological polar surface area (TPSA) is 50.2 Å². The van der Waals surface area contributed by atoms with E-state index in [1.165, 1.54) is 45.9 Å². The summed E-state index contributed by atoms with van der Waals surface area (Å²) in [5.41, 5.74) is 7.47. The van der Waals surface area contributed by atoms with Crippen molar-refractivity contribution < 1.29 is 30.0 Å². The molecule has 0 aliphatic heterocycles. The van der Waals surface area contributed by atoms with E-state index in [0.29, 0.717) is 5.76 Å². The summed E-state index contributed by atoms with van der Waals surface area (Å²) in [6, 6.07) is 14.4. The van der Waals surface area contributed by atoms with Crippen molar-refractivity contribution in [3.63, 3.8) is 0 Å². The Hall–Kier alpha value is -2.29. The van der Waals surface area contributed by atoms with E-state index < -0.39 is 0 Å². The number of carbonyl (C=O) groups is 1. The fourth-order valence-corrected chi connectivity index (χ4v) is 6.84. The predicted molar refractivity (Wildman–Crippen MR) is 168 cm³/mol. The molecule has 0 atom stereocenters. The molecule has 2 saturated carbocycles. The first kappa shape index (κ1) is 33.2. The minimum absolute atomic E-state index is 0. The first-order valence-corrected chi connectivity index (χ1v) is 15.1. The molecule has 1 heterocycles. The van der Waals surface area contributed by atoms with E-state index in [1.54, 1.807) is 6.08 Å². The van der Waals surface area contributed by atoms with Gasteiger partial charge in [-0.3, -0.25) is 4.79 Å². The van der Waals surface area contributed by atoms with Crippen LogP contribution in [0, 0.1) is 43.6 Å². The van der Waals surface area contributed by atoms with Crippen LogP contribution in [-0.2, 0) is 37.7 Å². The monoisotopic (exact) mass is 731 g/mol. The van der Waals surface area contributed by atoms with Gasteiger partial charge in [-0.05, 0) is 78.0 Å². The van der Waals surface area contributed by atoms with Crippen LogP contribution in [0.4, 0.5) is 0 Å². The molecule has 6 rings (SSSR count). The Labute approximate surface area is 261 Å². The summed E-state index contributed by atoms with van der Waals surface area (Å²) < 4.78 is 0. The maximum absolute atomic E-state index is 12.2. The van der Waals surface area contributed by atoms with Gasteiger partial charge >= 0.3 is 0 Å².